The minimum Gasteiger partial charge on any atom is -0.388 e. The van der Waals surface area contributed by atoms with Crippen LogP contribution in [0.4, 0.5) is 0 Å². The van der Waals surface area contributed by atoms with Crippen molar-refractivity contribution in [3.63, 3.8) is 0 Å². The van der Waals surface area contributed by atoms with Crippen LogP contribution in [0.5, 0.6) is 0 Å². The summed E-state index contributed by atoms with van der Waals surface area (Å²) in [4.78, 5) is 2.23. The third-order valence-corrected chi connectivity index (χ3v) is 3.14. The molecule has 0 bridgehead atoms. The van der Waals surface area contributed by atoms with E-state index in [2.05, 4.69) is 36.1 Å². The molecule has 1 saturated heterocycles. The number of aliphatic hydroxyl groups is 1. The van der Waals surface area contributed by atoms with Crippen molar-refractivity contribution in [2.45, 2.75) is 13.0 Å². The van der Waals surface area contributed by atoms with Gasteiger partial charge in [0.15, 0.2) is 0 Å². The first-order chi connectivity index (χ1) is 8.74. The summed E-state index contributed by atoms with van der Waals surface area (Å²) < 4.78 is 5.28. The monoisotopic (exact) mass is 247 g/mol. The van der Waals surface area contributed by atoms with E-state index in [1.165, 1.54) is 5.56 Å². The van der Waals surface area contributed by atoms with Gasteiger partial charge in [-0.2, -0.15) is 0 Å². The number of ether oxygens (including phenoxy) is 1. The van der Waals surface area contributed by atoms with Crippen LogP contribution in [0.3, 0.4) is 0 Å². The number of aryl methyl sites for hydroxylation is 1. The number of β-amino-alcohol motifs (C(OH)–C–C–N with tert-alkyl or cyclic N) is 1. The number of hydrogen-bond donors (Lipinski definition) is 1. The Hall–Kier alpha value is -1.16. The maximum Gasteiger partial charge on any atom is 0.0851 e. The minimum absolute atomic E-state index is 0.413. The van der Waals surface area contributed by atoms with Gasteiger partial charge in [-0.1, -0.05) is 42.0 Å². The zero-order valence-corrected chi connectivity index (χ0v) is 10.9. The van der Waals surface area contributed by atoms with Gasteiger partial charge in [0.2, 0.25) is 0 Å². The van der Waals surface area contributed by atoms with Crippen molar-refractivity contribution in [2.24, 2.45) is 0 Å². The molecular weight excluding hydrogens is 226 g/mol. The highest BCUT2D eigenvalue weighted by atomic mass is 16.5. The van der Waals surface area contributed by atoms with E-state index in [9.17, 15) is 5.11 Å². The fraction of sp³-hybridized carbons (Fsp3) is 0.467. The summed E-state index contributed by atoms with van der Waals surface area (Å²) in [5.74, 6) is 0. The molecule has 2 rings (SSSR count). The second-order valence-electron chi connectivity index (χ2n) is 4.75. The van der Waals surface area contributed by atoms with Crippen LogP contribution < -0.4 is 0 Å². The summed E-state index contributed by atoms with van der Waals surface area (Å²) in [6.07, 6.45) is 3.43. The Balaban J connectivity index is 1.82. The van der Waals surface area contributed by atoms with Crippen molar-refractivity contribution in [2.75, 3.05) is 32.8 Å². The van der Waals surface area contributed by atoms with Gasteiger partial charge in [-0.15, -0.1) is 0 Å². The van der Waals surface area contributed by atoms with E-state index in [1.807, 2.05) is 12.2 Å². The van der Waals surface area contributed by atoms with E-state index in [0.29, 0.717) is 6.54 Å². The Bertz CT molecular complexity index is 380. The molecular formula is C15H21NO2. The van der Waals surface area contributed by atoms with Crippen LogP contribution >= 0.6 is 0 Å². The Morgan fingerprint density at radius 1 is 1.28 bits per heavy atom. The Morgan fingerprint density at radius 2 is 1.94 bits per heavy atom. The first-order valence-corrected chi connectivity index (χ1v) is 6.47. The maximum absolute atomic E-state index is 9.95. The number of morpholine rings is 1. The third kappa shape index (κ3) is 4.26. The van der Waals surface area contributed by atoms with Crippen LogP contribution in [0.25, 0.3) is 6.08 Å². The molecule has 98 valence electrons. The van der Waals surface area contributed by atoms with Gasteiger partial charge in [-0.25, -0.2) is 0 Å². The molecule has 1 aromatic rings. The minimum atomic E-state index is -0.413. The number of nitrogens with zero attached hydrogens (tertiary/aromatic N) is 1. The molecule has 1 unspecified atom stereocenters. The molecule has 0 amide bonds. The van der Waals surface area contributed by atoms with Crippen molar-refractivity contribution < 1.29 is 9.84 Å². The molecule has 0 radical (unpaired) electrons. The molecule has 1 aliphatic rings. The van der Waals surface area contributed by atoms with E-state index in [4.69, 9.17) is 4.74 Å². The Labute approximate surface area is 109 Å². The average molecular weight is 247 g/mol. The standard InChI is InChI=1S/C15H21NO2/c1-13-2-4-14(5-3-13)6-7-15(17)12-16-8-10-18-11-9-16/h2-7,15,17H,8-12H2,1H3/b7-6-. The van der Waals surface area contributed by atoms with Crippen molar-refractivity contribution in [1.82, 2.24) is 4.90 Å². The first kappa shape index (κ1) is 13.3. The van der Waals surface area contributed by atoms with E-state index in [-0.39, 0.29) is 0 Å². The molecule has 0 aliphatic carbocycles. The van der Waals surface area contributed by atoms with Crippen LogP contribution in [-0.4, -0.2) is 49.0 Å². The van der Waals surface area contributed by atoms with Crippen LogP contribution in [0.15, 0.2) is 30.3 Å². The van der Waals surface area contributed by atoms with E-state index >= 15 is 0 Å². The van der Waals surface area contributed by atoms with Crippen molar-refractivity contribution in [1.29, 1.82) is 0 Å². The first-order valence-electron chi connectivity index (χ1n) is 6.47. The molecule has 0 saturated carbocycles. The SMILES string of the molecule is Cc1ccc(/C=C\C(O)CN2CCOCC2)cc1. The molecule has 0 spiro atoms. The summed E-state index contributed by atoms with van der Waals surface area (Å²) in [5.41, 5.74) is 2.38. The van der Waals surface area contributed by atoms with Gasteiger partial charge in [0.25, 0.3) is 0 Å². The van der Waals surface area contributed by atoms with Gasteiger partial charge < -0.3 is 9.84 Å². The molecule has 1 aromatic carbocycles. The lowest BCUT2D eigenvalue weighted by atomic mass is 10.1. The number of rotatable bonds is 4. The molecule has 1 heterocycles. The molecule has 0 aromatic heterocycles. The molecule has 18 heavy (non-hydrogen) atoms. The molecule has 1 fully saturated rings. The highest BCUT2D eigenvalue weighted by molar-refractivity contribution is 5.50. The van der Waals surface area contributed by atoms with Crippen molar-refractivity contribution in [3.05, 3.63) is 41.5 Å². The smallest absolute Gasteiger partial charge is 0.0851 e. The second-order valence-corrected chi connectivity index (χ2v) is 4.75. The van der Waals surface area contributed by atoms with E-state index < -0.39 is 6.10 Å². The quantitative estimate of drug-likeness (QED) is 0.879. The molecule has 3 heteroatoms. The predicted molar refractivity (Wildman–Crippen MR) is 73.5 cm³/mol. The Kier molecular flexibility index (Phi) is 4.93. The average Bonchev–Trinajstić information content (AvgIpc) is 2.39. The molecule has 1 aliphatic heterocycles. The van der Waals surface area contributed by atoms with Gasteiger partial charge >= 0.3 is 0 Å². The lowest BCUT2D eigenvalue weighted by Gasteiger charge is -2.27. The zero-order valence-electron chi connectivity index (χ0n) is 10.9. The van der Waals surface area contributed by atoms with E-state index in [0.717, 1.165) is 31.9 Å². The van der Waals surface area contributed by atoms with Crippen molar-refractivity contribution in [3.8, 4) is 0 Å². The number of hydrogen-bond acceptors (Lipinski definition) is 3. The summed E-state index contributed by atoms with van der Waals surface area (Å²) in [5, 5.41) is 9.95. The molecule has 1 atom stereocenters. The topological polar surface area (TPSA) is 32.7 Å². The van der Waals surface area contributed by atoms with Gasteiger partial charge in [-0.3, -0.25) is 4.90 Å². The van der Waals surface area contributed by atoms with Crippen LogP contribution in [0.2, 0.25) is 0 Å². The van der Waals surface area contributed by atoms with Gasteiger partial charge in [0, 0.05) is 19.6 Å². The second kappa shape index (κ2) is 6.69. The zero-order chi connectivity index (χ0) is 12.8. The summed E-state index contributed by atoms with van der Waals surface area (Å²) in [6, 6.07) is 8.28. The van der Waals surface area contributed by atoms with Crippen LogP contribution in [-0.2, 0) is 4.74 Å². The highest BCUT2D eigenvalue weighted by Crippen LogP contribution is 2.06. The fourth-order valence-corrected chi connectivity index (χ4v) is 2.01. The normalized spacial score (nSPS) is 19.2. The lowest BCUT2D eigenvalue weighted by molar-refractivity contribution is 0.0223. The van der Waals surface area contributed by atoms with Crippen LogP contribution in [0, 0.1) is 6.92 Å². The largest absolute Gasteiger partial charge is 0.388 e. The van der Waals surface area contributed by atoms with Crippen molar-refractivity contribution >= 4 is 6.08 Å². The molecule has 1 N–H and O–H groups in total. The van der Waals surface area contributed by atoms with Gasteiger partial charge in [0.1, 0.15) is 0 Å². The predicted octanol–water partition coefficient (Wildman–Crippen LogP) is 1.70. The maximum atomic E-state index is 9.95. The third-order valence-electron chi connectivity index (χ3n) is 3.14. The lowest BCUT2D eigenvalue weighted by Crippen LogP contribution is -2.40. The molecule has 3 nitrogen and oxygen atoms in total. The van der Waals surface area contributed by atoms with Gasteiger partial charge in [0.05, 0.1) is 19.3 Å². The van der Waals surface area contributed by atoms with Gasteiger partial charge in [-0.05, 0) is 12.5 Å². The summed E-state index contributed by atoms with van der Waals surface area (Å²) in [7, 11) is 0. The summed E-state index contributed by atoms with van der Waals surface area (Å²) >= 11 is 0. The van der Waals surface area contributed by atoms with E-state index in [1.54, 1.807) is 0 Å². The summed E-state index contributed by atoms with van der Waals surface area (Å²) in [6.45, 7) is 6.13. The van der Waals surface area contributed by atoms with Crippen LogP contribution in [0.1, 0.15) is 11.1 Å². The highest BCUT2D eigenvalue weighted by Gasteiger charge is 2.12. The fourth-order valence-electron chi connectivity index (χ4n) is 2.01. The number of benzene rings is 1. The number of aliphatic hydroxyl groups excluding tert-OH is 1. The Morgan fingerprint density at radius 3 is 2.61 bits per heavy atom.